The highest BCUT2D eigenvalue weighted by atomic mass is 16.6. The third-order valence-electron chi connectivity index (χ3n) is 14.8. The van der Waals surface area contributed by atoms with Gasteiger partial charge in [-0.3, -0.25) is 14.4 Å². The number of ether oxygens (including phenoxy) is 3. The Balaban J connectivity index is 4.24. The Labute approximate surface area is 443 Å². The highest BCUT2D eigenvalue weighted by molar-refractivity contribution is 5.71. The molecule has 0 radical (unpaired) electrons. The molecule has 0 fully saturated rings. The normalized spacial score (nSPS) is 12.0. The second-order valence-electron chi connectivity index (χ2n) is 22.0. The quantitative estimate of drug-likeness (QED) is 0.0261. The predicted molar refractivity (Wildman–Crippen MR) is 307 cm³/mol. The van der Waals surface area contributed by atoms with Gasteiger partial charge in [0.15, 0.2) is 6.10 Å². The first-order valence-electron chi connectivity index (χ1n) is 32.2. The summed E-state index contributed by atoms with van der Waals surface area (Å²) in [6, 6.07) is 0. The van der Waals surface area contributed by atoms with Gasteiger partial charge in [-0.25, -0.2) is 0 Å². The lowest BCUT2D eigenvalue weighted by atomic mass is 10.0. The molecule has 0 aliphatic rings. The number of hydrogen-bond donors (Lipinski definition) is 0. The number of esters is 3. The third-order valence-corrected chi connectivity index (χ3v) is 14.8. The topological polar surface area (TPSA) is 78.9 Å². The highest BCUT2D eigenvalue weighted by Gasteiger charge is 2.19. The van der Waals surface area contributed by atoms with Crippen LogP contribution in [0.25, 0.3) is 0 Å². The Kier molecular flexibility index (Phi) is 59.1. The van der Waals surface area contributed by atoms with Crippen molar-refractivity contribution < 1.29 is 28.6 Å². The maximum Gasteiger partial charge on any atom is 0.306 e. The Morgan fingerprint density at radius 2 is 0.465 bits per heavy atom. The molecule has 0 aromatic carbocycles. The second kappa shape index (κ2) is 60.7. The first-order chi connectivity index (χ1) is 35.0. The fourth-order valence-electron chi connectivity index (χ4n) is 9.91. The lowest BCUT2D eigenvalue weighted by Crippen LogP contribution is -2.30. The Bertz CT molecular complexity index is 1100. The van der Waals surface area contributed by atoms with Crippen molar-refractivity contribution in [2.75, 3.05) is 13.2 Å². The van der Waals surface area contributed by atoms with Crippen LogP contribution in [0, 0.1) is 0 Å². The molecule has 0 aromatic rings. The highest BCUT2D eigenvalue weighted by Crippen LogP contribution is 2.18. The van der Waals surface area contributed by atoms with Gasteiger partial charge in [-0.2, -0.15) is 0 Å². The summed E-state index contributed by atoms with van der Waals surface area (Å²) < 4.78 is 16.9. The van der Waals surface area contributed by atoms with E-state index in [1.165, 1.54) is 263 Å². The van der Waals surface area contributed by atoms with Crippen LogP contribution in [0.5, 0.6) is 0 Å². The smallest absolute Gasteiger partial charge is 0.306 e. The van der Waals surface area contributed by atoms with E-state index in [9.17, 15) is 14.4 Å². The predicted octanol–water partition coefficient (Wildman–Crippen LogP) is 21.7. The maximum atomic E-state index is 12.9. The average Bonchev–Trinajstić information content (AvgIpc) is 3.37. The SMILES string of the molecule is CCCCCC/C=C\CCCCCCCC(=O)OC(COC(=O)CCCCCCCCCCCCCCCCCCCCC)COC(=O)CCCCCCCCCCCCCCCCCCCCCCC. The first kappa shape index (κ1) is 69.2. The van der Waals surface area contributed by atoms with Crippen molar-refractivity contribution in [3.8, 4) is 0 Å². The summed E-state index contributed by atoms with van der Waals surface area (Å²) in [4.78, 5) is 38.3. The van der Waals surface area contributed by atoms with Crippen molar-refractivity contribution in [2.24, 2.45) is 0 Å². The van der Waals surface area contributed by atoms with E-state index in [0.717, 1.165) is 64.2 Å². The number of carbonyl (C=O) groups is 3. The summed E-state index contributed by atoms with van der Waals surface area (Å²) in [7, 11) is 0. The van der Waals surface area contributed by atoms with Gasteiger partial charge in [0.25, 0.3) is 0 Å². The summed E-state index contributed by atoms with van der Waals surface area (Å²) in [6.45, 7) is 6.70. The van der Waals surface area contributed by atoms with E-state index in [1.807, 2.05) is 0 Å². The first-order valence-corrected chi connectivity index (χ1v) is 32.2. The molecule has 0 bridgehead atoms. The third kappa shape index (κ3) is 58.9. The van der Waals surface area contributed by atoms with Crippen LogP contribution in [-0.2, 0) is 28.6 Å². The molecule has 0 rings (SSSR count). The number of allylic oxidation sites excluding steroid dienone is 2. The molecule has 0 aliphatic heterocycles. The molecule has 6 nitrogen and oxygen atoms in total. The van der Waals surface area contributed by atoms with E-state index in [-0.39, 0.29) is 31.1 Å². The van der Waals surface area contributed by atoms with Crippen molar-refractivity contribution in [3.63, 3.8) is 0 Å². The van der Waals surface area contributed by atoms with Crippen LogP contribution in [-0.4, -0.2) is 37.2 Å². The van der Waals surface area contributed by atoms with Gasteiger partial charge >= 0.3 is 17.9 Å². The maximum absolute atomic E-state index is 12.9. The molecule has 6 heteroatoms. The van der Waals surface area contributed by atoms with Crippen LogP contribution in [0.3, 0.4) is 0 Å². The summed E-state index contributed by atoms with van der Waals surface area (Å²) in [6.07, 6.45) is 70.8. The van der Waals surface area contributed by atoms with Crippen LogP contribution in [0.15, 0.2) is 12.2 Å². The van der Waals surface area contributed by atoms with Crippen molar-refractivity contribution in [3.05, 3.63) is 12.2 Å². The molecule has 420 valence electrons. The molecule has 0 aliphatic carbocycles. The van der Waals surface area contributed by atoms with Gasteiger partial charge in [-0.05, 0) is 44.9 Å². The number of carbonyl (C=O) groups excluding carboxylic acids is 3. The van der Waals surface area contributed by atoms with Crippen LogP contribution >= 0.6 is 0 Å². The molecular formula is C65H124O6. The Morgan fingerprint density at radius 1 is 0.268 bits per heavy atom. The number of hydrogen-bond acceptors (Lipinski definition) is 6. The molecule has 0 heterocycles. The van der Waals surface area contributed by atoms with E-state index in [0.29, 0.717) is 19.3 Å². The lowest BCUT2D eigenvalue weighted by molar-refractivity contribution is -0.167. The monoisotopic (exact) mass is 1000 g/mol. The Hall–Kier alpha value is -1.85. The van der Waals surface area contributed by atoms with Crippen LogP contribution in [0.1, 0.15) is 367 Å². The van der Waals surface area contributed by atoms with Crippen LogP contribution in [0.4, 0.5) is 0 Å². The lowest BCUT2D eigenvalue weighted by Gasteiger charge is -2.18. The molecule has 1 unspecified atom stereocenters. The zero-order valence-electron chi connectivity index (χ0n) is 48.3. The van der Waals surface area contributed by atoms with Gasteiger partial charge < -0.3 is 14.2 Å². The van der Waals surface area contributed by atoms with E-state index in [4.69, 9.17) is 14.2 Å². The molecule has 0 aromatic heterocycles. The molecular weight excluding hydrogens is 877 g/mol. The fraction of sp³-hybridized carbons (Fsp3) is 0.923. The fourth-order valence-corrected chi connectivity index (χ4v) is 9.91. The summed E-state index contributed by atoms with van der Waals surface area (Å²) in [5.41, 5.74) is 0. The zero-order valence-corrected chi connectivity index (χ0v) is 48.3. The van der Waals surface area contributed by atoms with E-state index in [2.05, 4.69) is 32.9 Å². The number of unbranched alkanes of at least 4 members (excludes halogenated alkanes) is 47. The van der Waals surface area contributed by atoms with Gasteiger partial charge in [0.2, 0.25) is 0 Å². The molecule has 0 N–H and O–H groups in total. The van der Waals surface area contributed by atoms with Crippen molar-refractivity contribution in [1.29, 1.82) is 0 Å². The molecule has 0 amide bonds. The van der Waals surface area contributed by atoms with Gasteiger partial charge in [0.1, 0.15) is 13.2 Å². The van der Waals surface area contributed by atoms with Gasteiger partial charge in [-0.15, -0.1) is 0 Å². The molecule has 1 atom stereocenters. The molecule has 0 saturated carbocycles. The minimum Gasteiger partial charge on any atom is -0.462 e. The van der Waals surface area contributed by atoms with Crippen molar-refractivity contribution in [1.82, 2.24) is 0 Å². The van der Waals surface area contributed by atoms with Crippen molar-refractivity contribution >= 4 is 17.9 Å². The zero-order chi connectivity index (χ0) is 51.4. The summed E-state index contributed by atoms with van der Waals surface area (Å²) in [5, 5.41) is 0. The molecule has 0 saturated heterocycles. The summed E-state index contributed by atoms with van der Waals surface area (Å²) in [5.74, 6) is -0.845. The van der Waals surface area contributed by atoms with Gasteiger partial charge in [-0.1, -0.05) is 315 Å². The largest absolute Gasteiger partial charge is 0.462 e. The minimum atomic E-state index is -0.769. The van der Waals surface area contributed by atoms with Crippen LogP contribution in [0.2, 0.25) is 0 Å². The van der Waals surface area contributed by atoms with Gasteiger partial charge in [0.05, 0.1) is 0 Å². The Morgan fingerprint density at radius 3 is 0.718 bits per heavy atom. The average molecular weight is 1000 g/mol. The standard InChI is InChI=1S/C65H124O6/c1-4-7-10-13-16-19-22-25-27-29-31-32-34-36-38-41-43-46-49-52-55-58-64(67)70-61-62(71-65(68)59-56-53-50-47-44-39-24-21-18-15-12-9-6-3)60-69-63(66)57-54-51-48-45-42-40-37-35-33-30-28-26-23-20-17-14-11-8-5-2/h21,24,62H,4-20,22-23,25-61H2,1-3H3/b24-21-. The summed E-state index contributed by atoms with van der Waals surface area (Å²) >= 11 is 0. The van der Waals surface area contributed by atoms with Crippen molar-refractivity contribution in [2.45, 2.75) is 374 Å². The molecule has 71 heavy (non-hydrogen) atoms. The minimum absolute atomic E-state index is 0.0670. The van der Waals surface area contributed by atoms with E-state index >= 15 is 0 Å². The second-order valence-corrected chi connectivity index (χ2v) is 22.0. The van der Waals surface area contributed by atoms with Gasteiger partial charge in [0, 0.05) is 19.3 Å². The van der Waals surface area contributed by atoms with E-state index < -0.39 is 6.10 Å². The number of rotatable bonds is 60. The van der Waals surface area contributed by atoms with Crippen LogP contribution < -0.4 is 0 Å². The molecule has 0 spiro atoms. The van der Waals surface area contributed by atoms with E-state index in [1.54, 1.807) is 0 Å².